The van der Waals surface area contributed by atoms with Gasteiger partial charge in [0.25, 0.3) is 0 Å². The molecule has 0 bridgehead atoms. The molecule has 0 saturated carbocycles. The van der Waals surface area contributed by atoms with Gasteiger partial charge in [0, 0.05) is 24.0 Å². The molecule has 23 heavy (non-hydrogen) atoms. The van der Waals surface area contributed by atoms with Gasteiger partial charge in [0.1, 0.15) is 0 Å². The molecule has 0 aliphatic carbocycles. The molecule has 0 fully saturated rings. The molecular formula is C14H15Cl3N4O2. The van der Waals surface area contributed by atoms with Crippen molar-refractivity contribution in [2.75, 3.05) is 18.6 Å². The third kappa shape index (κ3) is 4.92. The number of amides is 2. The normalized spacial score (nSPS) is 10.4. The number of hydrogen-bond acceptors (Lipinski definition) is 3. The zero-order valence-electron chi connectivity index (χ0n) is 12.3. The fourth-order valence-corrected chi connectivity index (χ4v) is 2.74. The molecular weight excluding hydrogens is 363 g/mol. The number of aromatic amines is 1. The highest BCUT2D eigenvalue weighted by molar-refractivity contribution is 6.40. The Hall–Kier alpha value is -1.63. The van der Waals surface area contributed by atoms with Crippen molar-refractivity contribution in [1.29, 1.82) is 0 Å². The summed E-state index contributed by atoms with van der Waals surface area (Å²) < 4.78 is 5.59. The van der Waals surface area contributed by atoms with E-state index in [0.717, 1.165) is 6.42 Å². The van der Waals surface area contributed by atoms with Crippen molar-refractivity contribution in [3.05, 3.63) is 39.6 Å². The number of carbonyl (C=O) groups excluding carboxylic acids is 1. The SMILES string of the molecule is CCCN(COc1c(Cl)cc(Cl)cc1Cl)C(=O)Nc1ncc[nH]1. The van der Waals surface area contributed by atoms with Gasteiger partial charge in [-0.25, -0.2) is 9.78 Å². The number of benzene rings is 1. The second kappa shape index (κ2) is 8.29. The van der Waals surface area contributed by atoms with Gasteiger partial charge < -0.3 is 9.72 Å². The lowest BCUT2D eigenvalue weighted by atomic mass is 10.3. The van der Waals surface area contributed by atoms with Crippen molar-refractivity contribution >= 4 is 46.8 Å². The second-order valence-electron chi connectivity index (χ2n) is 4.60. The van der Waals surface area contributed by atoms with Crippen molar-refractivity contribution in [2.24, 2.45) is 0 Å². The molecule has 1 aromatic heterocycles. The van der Waals surface area contributed by atoms with E-state index in [1.807, 2.05) is 6.92 Å². The van der Waals surface area contributed by atoms with Gasteiger partial charge >= 0.3 is 6.03 Å². The van der Waals surface area contributed by atoms with E-state index < -0.39 is 0 Å². The minimum Gasteiger partial charge on any atom is -0.470 e. The van der Waals surface area contributed by atoms with Crippen LogP contribution in [0, 0.1) is 0 Å². The van der Waals surface area contributed by atoms with E-state index in [9.17, 15) is 4.79 Å². The number of ether oxygens (including phenoxy) is 1. The summed E-state index contributed by atoms with van der Waals surface area (Å²) in [6, 6.07) is 2.71. The molecule has 2 amide bonds. The highest BCUT2D eigenvalue weighted by Gasteiger charge is 2.16. The Balaban J connectivity index is 2.03. The number of imidazole rings is 1. The van der Waals surface area contributed by atoms with Crippen molar-refractivity contribution in [1.82, 2.24) is 14.9 Å². The quantitative estimate of drug-likeness (QED) is 0.720. The molecule has 2 aromatic rings. The number of H-pyrrole nitrogens is 1. The number of urea groups is 1. The van der Waals surface area contributed by atoms with Gasteiger partial charge in [-0.3, -0.25) is 10.2 Å². The Kier molecular flexibility index (Phi) is 6.38. The molecule has 0 atom stereocenters. The molecule has 1 heterocycles. The second-order valence-corrected chi connectivity index (χ2v) is 5.85. The maximum atomic E-state index is 12.2. The summed E-state index contributed by atoms with van der Waals surface area (Å²) in [6.45, 7) is 2.44. The van der Waals surface area contributed by atoms with E-state index in [0.29, 0.717) is 17.5 Å². The van der Waals surface area contributed by atoms with Crippen LogP contribution in [0.5, 0.6) is 5.75 Å². The number of nitrogens with zero attached hydrogens (tertiary/aromatic N) is 2. The minimum absolute atomic E-state index is 0.0124. The number of nitrogens with one attached hydrogen (secondary N) is 2. The highest BCUT2D eigenvalue weighted by atomic mass is 35.5. The minimum atomic E-state index is -0.344. The molecule has 0 aliphatic rings. The maximum Gasteiger partial charge on any atom is 0.326 e. The van der Waals surface area contributed by atoms with Gasteiger partial charge in [-0.1, -0.05) is 41.7 Å². The van der Waals surface area contributed by atoms with Crippen molar-refractivity contribution in [3.63, 3.8) is 0 Å². The van der Waals surface area contributed by atoms with Crippen LogP contribution in [0.3, 0.4) is 0 Å². The topological polar surface area (TPSA) is 70.2 Å². The van der Waals surface area contributed by atoms with Crippen molar-refractivity contribution in [2.45, 2.75) is 13.3 Å². The van der Waals surface area contributed by atoms with Crippen molar-refractivity contribution < 1.29 is 9.53 Å². The molecule has 0 radical (unpaired) electrons. The van der Waals surface area contributed by atoms with Gasteiger partial charge in [0.2, 0.25) is 5.95 Å². The van der Waals surface area contributed by atoms with E-state index >= 15 is 0 Å². The molecule has 0 spiro atoms. The molecule has 9 heteroatoms. The first kappa shape index (κ1) is 17.7. The first-order valence-electron chi connectivity index (χ1n) is 6.84. The Morgan fingerprint density at radius 2 is 2.04 bits per heavy atom. The first-order valence-corrected chi connectivity index (χ1v) is 7.97. The van der Waals surface area contributed by atoms with E-state index in [1.165, 1.54) is 17.0 Å². The number of carbonyl (C=O) groups is 1. The van der Waals surface area contributed by atoms with Gasteiger partial charge in [-0.2, -0.15) is 0 Å². The monoisotopic (exact) mass is 376 g/mol. The van der Waals surface area contributed by atoms with Crippen LogP contribution in [0.1, 0.15) is 13.3 Å². The number of anilines is 1. The molecule has 124 valence electrons. The number of hydrogen-bond donors (Lipinski definition) is 2. The van der Waals surface area contributed by atoms with Crippen LogP contribution in [-0.4, -0.2) is 34.2 Å². The highest BCUT2D eigenvalue weighted by Crippen LogP contribution is 2.35. The predicted octanol–water partition coefficient (Wildman–Crippen LogP) is 4.65. The average molecular weight is 378 g/mol. The first-order chi connectivity index (χ1) is 11.0. The molecule has 0 saturated heterocycles. The number of halogens is 3. The summed E-state index contributed by atoms with van der Waals surface area (Å²) in [7, 11) is 0. The van der Waals surface area contributed by atoms with Crippen LogP contribution >= 0.6 is 34.8 Å². The fraction of sp³-hybridized carbons (Fsp3) is 0.286. The van der Waals surface area contributed by atoms with Crippen LogP contribution in [0.15, 0.2) is 24.5 Å². The van der Waals surface area contributed by atoms with Crippen LogP contribution in [0.25, 0.3) is 0 Å². The van der Waals surface area contributed by atoms with E-state index in [1.54, 1.807) is 12.4 Å². The average Bonchev–Trinajstić information content (AvgIpc) is 2.97. The third-order valence-electron chi connectivity index (χ3n) is 2.83. The van der Waals surface area contributed by atoms with E-state index in [2.05, 4.69) is 15.3 Å². The predicted molar refractivity (Wildman–Crippen MR) is 91.6 cm³/mol. The summed E-state index contributed by atoms with van der Waals surface area (Å²) in [5.74, 6) is 0.642. The van der Waals surface area contributed by atoms with Crippen molar-refractivity contribution in [3.8, 4) is 5.75 Å². The van der Waals surface area contributed by atoms with Gasteiger partial charge in [0.15, 0.2) is 12.5 Å². The summed E-state index contributed by atoms with van der Waals surface area (Å²) in [6.07, 6.45) is 3.92. The fourth-order valence-electron chi connectivity index (χ4n) is 1.82. The molecule has 2 rings (SSSR count). The third-order valence-corrected chi connectivity index (χ3v) is 3.61. The van der Waals surface area contributed by atoms with Gasteiger partial charge in [-0.05, 0) is 18.6 Å². The van der Waals surface area contributed by atoms with Crippen LogP contribution in [0.4, 0.5) is 10.7 Å². The molecule has 0 unspecified atom stereocenters. The summed E-state index contributed by atoms with van der Waals surface area (Å²) in [4.78, 5) is 20.4. The lowest BCUT2D eigenvalue weighted by Crippen LogP contribution is -2.38. The van der Waals surface area contributed by atoms with E-state index in [-0.39, 0.29) is 28.6 Å². The largest absolute Gasteiger partial charge is 0.470 e. The lowest BCUT2D eigenvalue weighted by molar-refractivity contribution is 0.145. The Labute approximate surface area is 148 Å². The summed E-state index contributed by atoms with van der Waals surface area (Å²) >= 11 is 18.0. The zero-order chi connectivity index (χ0) is 16.8. The Morgan fingerprint density at radius 3 is 2.61 bits per heavy atom. The smallest absolute Gasteiger partial charge is 0.326 e. The number of rotatable bonds is 6. The maximum absolute atomic E-state index is 12.2. The summed E-state index contributed by atoms with van der Waals surface area (Å²) in [5.41, 5.74) is 0. The zero-order valence-corrected chi connectivity index (χ0v) is 14.5. The van der Waals surface area contributed by atoms with Crippen LogP contribution in [-0.2, 0) is 0 Å². The Morgan fingerprint density at radius 1 is 1.35 bits per heavy atom. The van der Waals surface area contributed by atoms with Crippen LogP contribution < -0.4 is 10.1 Å². The molecule has 1 aromatic carbocycles. The molecule has 6 nitrogen and oxygen atoms in total. The Bertz CT molecular complexity index is 641. The molecule has 0 aliphatic heterocycles. The van der Waals surface area contributed by atoms with E-state index in [4.69, 9.17) is 39.5 Å². The van der Waals surface area contributed by atoms with Gasteiger partial charge in [-0.15, -0.1) is 0 Å². The standard InChI is InChI=1S/C14H15Cl3N4O2/c1-2-5-21(14(22)20-13-18-3-4-19-13)8-23-12-10(16)6-9(15)7-11(12)17/h3-4,6-7H,2,5,8H2,1H3,(H2,18,19,20,22). The molecule has 2 N–H and O–H groups in total. The number of aromatic nitrogens is 2. The van der Waals surface area contributed by atoms with Crippen LogP contribution in [0.2, 0.25) is 15.1 Å². The lowest BCUT2D eigenvalue weighted by Gasteiger charge is -2.22. The van der Waals surface area contributed by atoms with Gasteiger partial charge in [0.05, 0.1) is 10.0 Å². The summed E-state index contributed by atoms with van der Waals surface area (Å²) in [5, 5.41) is 3.61.